The Labute approximate surface area is 93.4 Å². The Balaban J connectivity index is 1.99. The highest BCUT2D eigenvalue weighted by atomic mass is 19.4. The van der Waals surface area contributed by atoms with Crippen LogP contribution in [0, 0.1) is 0 Å². The first-order valence-electron chi connectivity index (χ1n) is 5.77. The van der Waals surface area contributed by atoms with Crippen LogP contribution in [0.25, 0.3) is 0 Å². The van der Waals surface area contributed by atoms with Crippen LogP contribution in [0.2, 0.25) is 0 Å². The van der Waals surface area contributed by atoms with Crippen molar-refractivity contribution in [1.82, 2.24) is 9.80 Å². The van der Waals surface area contributed by atoms with E-state index in [-0.39, 0.29) is 6.54 Å². The SMILES string of the molecule is NCC(N1CCN2CCCC2C1)C(F)(F)F. The zero-order valence-electron chi connectivity index (χ0n) is 9.21. The Morgan fingerprint density at radius 3 is 2.62 bits per heavy atom. The van der Waals surface area contributed by atoms with Gasteiger partial charge in [-0.2, -0.15) is 13.2 Å². The van der Waals surface area contributed by atoms with Crippen LogP contribution in [0.4, 0.5) is 13.2 Å². The minimum Gasteiger partial charge on any atom is -0.329 e. The normalized spacial score (nSPS) is 30.4. The quantitative estimate of drug-likeness (QED) is 0.765. The molecule has 2 aliphatic heterocycles. The van der Waals surface area contributed by atoms with Gasteiger partial charge < -0.3 is 5.73 Å². The van der Waals surface area contributed by atoms with Gasteiger partial charge in [0.15, 0.2) is 0 Å². The highest BCUT2D eigenvalue weighted by molar-refractivity contribution is 4.91. The Kier molecular flexibility index (Phi) is 3.42. The Morgan fingerprint density at radius 1 is 1.25 bits per heavy atom. The van der Waals surface area contributed by atoms with E-state index >= 15 is 0 Å². The van der Waals surface area contributed by atoms with E-state index in [1.165, 1.54) is 4.90 Å². The van der Waals surface area contributed by atoms with E-state index in [0.717, 1.165) is 25.9 Å². The molecule has 2 aliphatic rings. The van der Waals surface area contributed by atoms with Gasteiger partial charge >= 0.3 is 6.18 Å². The van der Waals surface area contributed by atoms with Gasteiger partial charge in [-0.05, 0) is 19.4 Å². The topological polar surface area (TPSA) is 32.5 Å². The molecule has 0 radical (unpaired) electrons. The molecule has 94 valence electrons. The maximum absolute atomic E-state index is 12.7. The van der Waals surface area contributed by atoms with E-state index in [1.54, 1.807) is 0 Å². The van der Waals surface area contributed by atoms with Crippen molar-refractivity contribution in [3.8, 4) is 0 Å². The van der Waals surface area contributed by atoms with E-state index in [4.69, 9.17) is 5.73 Å². The van der Waals surface area contributed by atoms with Gasteiger partial charge in [-0.25, -0.2) is 0 Å². The fraction of sp³-hybridized carbons (Fsp3) is 1.00. The van der Waals surface area contributed by atoms with E-state index in [1.807, 2.05) is 0 Å². The van der Waals surface area contributed by atoms with Gasteiger partial charge in [0.25, 0.3) is 0 Å². The van der Waals surface area contributed by atoms with Crippen LogP contribution in [0.3, 0.4) is 0 Å². The molecular weight excluding hydrogens is 219 g/mol. The molecule has 2 atom stereocenters. The summed E-state index contributed by atoms with van der Waals surface area (Å²) in [6.07, 6.45) is -2.07. The first kappa shape index (κ1) is 12.1. The molecule has 2 unspecified atom stereocenters. The second-order valence-electron chi connectivity index (χ2n) is 4.62. The molecule has 2 heterocycles. The number of nitrogens with zero attached hydrogens (tertiary/aromatic N) is 2. The predicted molar refractivity (Wildman–Crippen MR) is 55.1 cm³/mol. The van der Waals surface area contributed by atoms with E-state index < -0.39 is 12.2 Å². The van der Waals surface area contributed by atoms with Crippen LogP contribution in [0.5, 0.6) is 0 Å². The molecule has 2 fully saturated rings. The van der Waals surface area contributed by atoms with Crippen LogP contribution >= 0.6 is 0 Å². The fourth-order valence-electron chi connectivity index (χ4n) is 2.79. The molecule has 0 aromatic carbocycles. The molecule has 0 bridgehead atoms. The second-order valence-corrected chi connectivity index (χ2v) is 4.62. The van der Waals surface area contributed by atoms with Gasteiger partial charge in [0.2, 0.25) is 0 Å². The van der Waals surface area contributed by atoms with Gasteiger partial charge in [0, 0.05) is 32.2 Å². The molecule has 0 saturated carbocycles. The first-order chi connectivity index (χ1) is 7.52. The largest absolute Gasteiger partial charge is 0.405 e. The minimum absolute atomic E-state index is 0.310. The maximum Gasteiger partial charge on any atom is 0.405 e. The van der Waals surface area contributed by atoms with Crippen molar-refractivity contribution in [1.29, 1.82) is 0 Å². The molecule has 2 rings (SSSR count). The van der Waals surface area contributed by atoms with Crippen molar-refractivity contribution in [3.63, 3.8) is 0 Å². The molecule has 0 aromatic rings. The highest BCUT2D eigenvalue weighted by Crippen LogP contribution is 2.28. The number of fused-ring (bicyclic) bond motifs is 1. The monoisotopic (exact) mass is 237 g/mol. The number of hydrogen-bond acceptors (Lipinski definition) is 3. The number of piperazine rings is 1. The van der Waals surface area contributed by atoms with Gasteiger partial charge in [-0.15, -0.1) is 0 Å². The molecule has 0 aliphatic carbocycles. The highest BCUT2D eigenvalue weighted by Gasteiger charge is 2.45. The summed E-state index contributed by atoms with van der Waals surface area (Å²) < 4.78 is 38.1. The van der Waals surface area contributed by atoms with Crippen molar-refractivity contribution in [2.75, 3.05) is 32.7 Å². The number of nitrogens with two attached hydrogens (primary N) is 1. The molecule has 2 N–H and O–H groups in total. The van der Waals surface area contributed by atoms with Crippen LogP contribution in [-0.4, -0.2) is 60.8 Å². The number of hydrogen-bond donors (Lipinski definition) is 1. The van der Waals surface area contributed by atoms with E-state index in [2.05, 4.69) is 4.90 Å². The van der Waals surface area contributed by atoms with Crippen LogP contribution in [-0.2, 0) is 0 Å². The summed E-state index contributed by atoms with van der Waals surface area (Å²) in [5, 5.41) is 0. The number of halogens is 3. The molecule has 0 aromatic heterocycles. The summed E-state index contributed by atoms with van der Waals surface area (Å²) >= 11 is 0. The lowest BCUT2D eigenvalue weighted by Gasteiger charge is -2.41. The van der Waals surface area contributed by atoms with Crippen molar-refractivity contribution in [2.45, 2.75) is 31.1 Å². The van der Waals surface area contributed by atoms with Gasteiger partial charge in [-0.3, -0.25) is 9.80 Å². The van der Waals surface area contributed by atoms with Crippen LogP contribution < -0.4 is 5.73 Å². The van der Waals surface area contributed by atoms with Gasteiger partial charge in [-0.1, -0.05) is 0 Å². The molecular formula is C10H18F3N3. The fourth-order valence-corrected chi connectivity index (χ4v) is 2.79. The molecule has 2 saturated heterocycles. The average Bonchev–Trinajstić information content (AvgIpc) is 2.63. The smallest absolute Gasteiger partial charge is 0.329 e. The third-order valence-corrected chi connectivity index (χ3v) is 3.66. The lowest BCUT2D eigenvalue weighted by molar-refractivity contribution is -0.186. The van der Waals surface area contributed by atoms with Crippen LogP contribution in [0.15, 0.2) is 0 Å². The predicted octanol–water partition coefficient (Wildman–Crippen LogP) is 0.656. The summed E-state index contributed by atoms with van der Waals surface area (Å²) in [7, 11) is 0. The summed E-state index contributed by atoms with van der Waals surface area (Å²) in [4.78, 5) is 3.80. The lowest BCUT2D eigenvalue weighted by atomic mass is 10.1. The Morgan fingerprint density at radius 2 is 2.00 bits per heavy atom. The summed E-state index contributed by atoms with van der Waals surface area (Å²) in [6, 6.07) is -1.15. The first-order valence-corrected chi connectivity index (χ1v) is 5.77. The summed E-state index contributed by atoms with van der Waals surface area (Å²) in [6.45, 7) is 2.45. The van der Waals surface area contributed by atoms with E-state index in [9.17, 15) is 13.2 Å². The standard InChI is InChI=1S/C10H18F3N3/c11-10(12,13)9(6-14)16-5-4-15-3-1-2-8(15)7-16/h8-9H,1-7,14H2. The molecule has 6 heteroatoms. The summed E-state index contributed by atoms with van der Waals surface area (Å²) in [5.74, 6) is 0. The minimum atomic E-state index is -4.20. The van der Waals surface area contributed by atoms with Crippen molar-refractivity contribution in [2.24, 2.45) is 5.73 Å². The average molecular weight is 237 g/mol. The molecule has 0 amide bonds. The second kappa shape index (κ2) is 4.50. The van der Waals surface area contributed by atoms with Gasteiger partial charge in [0.05, 0.1) is 0 Å². The zero-order chi connectivity index (χ0) is 11.8. The molecule has 3 nitrogen and oxygen atoms in total. The van der Waals surface area contributed by atoms with Crippen LogP contribution in [0.1, 0.15) is 12.8 Å². The summed E-state index contributed by atoms with van der Waals surface area (Å²) in [5.41, 5.74) is 5.25. The Bertz CT molecular complexity index is 244. The third kappa shape index (κ3) is 2.33. The Hall–Kier alpha value is -0.330. The molecule has 16 heavy (non-hydrogen) atoms. The van der Waals surface area contributed by atoms with Crippen molar-refractivity contribution < 1.29 is 13.2 Å². The maximum atomic E-state index is 12.7. The van der Waals surface area contributed by atoms with Crippen molar-refractivity contribution >= 4 is 0 Å². The third-order valence-electron chi connectivity index (χ3n) is 3.66. The van der Waals surface area contributed by atoms with Crippen molar-refractivity contribution in [3.05, 3.63) is 0 Å². The van der Waals surface area contributed by atoms with E-state index in [0.29, 0.717) is 19.1 Å². The molecule has 0 spiro atoms. The zero-order valence-corrected chi connectivity index (χ0v) is 9.21. The number of rotatable bonds is 2. The lowest BCUT2D eigenvalue weighted by Crippen LogP contribution is -2.59. The van der Waals surface area contributed by atoms with Gasteiger partial charge in [0.1, 0.15) is 6.04 Å². The number of alkyl halides is 3.